The maximum Gasteiger partial charge on any atom is 0.147 e. The largest absolute Gasteiger partial charge is 0.396 e. The normalized spacial score (nSPS) is 10.0. The first-order chi connectivity index (χ1) is 10.2. The maximum atomic E-state index is 13.3. The van der Waals surface area contributed by atoms with E-state index in [1.807, 2.05) is 12.1 Å². The molecule has 0 heterocycles. The Hall–Kier alpha value is -2.27. The Balaban J connectivity index is 2.03. The number of hydrogen-bond donors (Lipinski definition) is 1. The fourth-order valence-electron chi connectivity index (χ4n) is 2.08. The van der Waals surface area contributed by atoms with Gasteiger partial charge >= 0.3 is 0 Å². The van der Waals surface area contributed by atoms with Crippen LogP contribution in [0.5, 0.6) is 0 Å². The fourth-order valence-corrected chi connectivity index (χ4v) is 2.08. The molecule has 0 fully saturated rings. The summed E-state index contributed by atoms with van der Waals surface area (Å²) in [5.41, 5.74) is 8.50. The molecule has 0 spiro atoms. The molecule has 2 N–H and O–H groups in total. The third kappa shape index (κ3) is 4.65. The van der Waals surface area contributed by atoms with Crippen LogP contribution in [0.25, 0.3) is 0 Å². The molecule has 0 amide bonds. The van der Waals surface area contributed by atoms with Crippen molar-refractivity contribution in [1.29, 1.82) is 0 Å². The second-order valence-corrected chi connectivity index (χ2v) is 5.14. The average molecular weight is 281 g/mol. The minimum atomic E-state index is -0.423. The van der Waals surface area contributed by atoms with Gasteiger partial charge in [0.05, 0.1) is 5.69 Å². The molecule has 0 aliphatic rings. The van der Waals surface area contributed by atoms with Gasteiger partial charge < -0.3 is 5.73 Å². The van der Waals surface area contributed by atoms with Gasteiger partial charge in [-0.2, -0.15) is 0 Å². The van der Waals surface area contributed by atoms with E-state index in [-0.39, 0.29) is 5.69 Å². The van der Waals surface area contributed by atoms with Crippen LogP contribution in [0.15, 0.2) is 42.5 Å². The standard InChI is InChI=1S/C19H20FN/c1-2-3-4-5-15-6-8-16(9-7-15)10-11-17-12-13-19(21)18(20)14-17/h6-9,12-14H,2-5,21H2,1H3. The van der Waals surface area contributed by atoms with Gasteiger partial charge in [0, 0.05) is 11.1 Å². The van der Waals surface area contributed by atoms with Crippen LogP contribution in [0.4, 0.5) is 10.1 Å². The van der Waals surface area contributed by atoms with Crippen molar-refractivity contribution < 1.29 is 4.39 Å². The molecule has 0 radical (unpaired) electrons. The average Bonchev–Trinajstić information content (AvgIpc) is 2.50. The van der Waals surface area contributed by atoms with Crippen LogP contribution in [0.1, 0.15) is 42.9 Å². The molecule has 0 saturated heterocycles. The summed E-state index contributed by atoms with van der Waals surface area (Å²) in [5.74, 6) is 5.58. The van der Waals surface area contributed by atoms with Crippen molar-refractivity contribution >= 4 is 5.69 Å². The van der Waals surface area contributed by atoms with E-state index in [9.17, 15) is 4.39 Å². The summed E-state index contributed by atoms with van der Waals surface area (Å²) in [6.07, 6.45) is 4.85. The lowest BCUT2D eigenvalue weighted by atomic mass is 10.1. The molecule has 0 saturated carbocycles. The highest BCUT2D eigenvalue weighted by molar-refractivity contribution is 5.48. The molecule has 2 heteroatoms. The van der Waals surface area contributed by atoms with Crippen molar-refractivity contribution in [3.05, 3.63) is 65.0 Å². The fraction of sp³-hybridized carbons (Fsp3) is 0.263. The number of aryl methyl sites for hydroxylation is 1. The van der Waals surface area contributed by atoms with Crippen LogP contribution in [-0.4, -0.2) is 0 Å². The Morgan fingerprint density at radius 2 is 1.62 bits per heavy atom. The molecular formula is C19H20FN. The zero-order valence-electron chi connectivity index (χ0n) is 12.3. The third-order valence-corrected chi connectivity index (χ3v) is 3.37. The van der Waals surface area contributed by atoms with E-state index in [4.69, 9.17) is 5.73 Å². The van der Waals surface area contributed by atoms with E-state index >= 15 is 0 Å². The van der Waals surface area contributed by atoms with Crippen molar-refractivity contribution in [3.63, 3.8) is 0 Å². The van der Waals surface area contributed by atoms with Crippen LogP contribution in [0.3, 0.4) is 0 Å². The molecule has 0 bridgehead atoms. The molecule has 0 aliphatic carbocycles. The third-order valence-electron chi connectivity index (χ3n) is 3.37. The number of unbranched alkanes of at least 4 members (excludes halogenated alkanes) is 2. The second kappa shape index (κ2) is 7.50. The lowest BCUT2D eigenvalue weighted by Gasteiger charge is -2.00. The van der Waals surface area contributed by atoms with Gasteiger partial charge in [0.25, 0.3) is 0 Å². The number of hydrogen-bond acceptors (Lipinski definition) is 1. The lowest BCUT2D eigenvalue weighted by molar-refractivity contribution is 0.632. The van der Waals surface area contributed by atoms with Gasteiger partial charge in [0.2, 0.25) is 0 Å². The second-order valence-electron chi connectivity index (χ2n) is 5.14. The van der Waals surface area contributed by atoms with E-state index in [1.54, 1.807) is 6.07 Å². The minimum Gasteiger partial charge on any atom is -0.396 e. The van der Waals surface area contributed by atoms with E-state index in [1.165, 1.54) is 37.0 Å². The SMILES string of the molecule is CCCCCc1ccc(C#Cc2ccc(N)c(F)c2)cc1. The van der Waals surface area contributed by atoms with Crippen molar-refractivity contribution in [2.45, 2.75) is 32.6 Å². The summed E-state index contributed by atoms with van der Waals surface area (Å²) >= 11 is 0. The Morgan fingerprint density at radius 1 is 0.952 bits per heavy atom. The molecule has 1 nitrogen and oxygen atoms in total. The smallest absolute Gasteiger partial charge is 0.147 e. The van der Waals surface area contributed by atoms with Crippen LogP contribution in [-0.2, 0) is 6.42 Å². The van der Waals surface area contributed by atoms with Gasteiger partial charge in [-0.15, -0.1) is 0 Å². The topological polar surface area (TPSA) is 26.0 Å². The van der Waals surface area contributed by atoms with E-state index in [2.05, 4.69) is 30.9 Å². The highest BCUT2D eigenvalue weighted by Crippen LogP contribution is 2.12. The Labute approximate surface area is 126 Å². The molecule has 108 valence electrons. The first-order valence-electron chi connectivity index (χ1n) is 7.35. The first kappa shape index (κ1) is 15.1. The lowest BCUT2D eigenvalue weighted by Crippen LogP contribution is -1.90. The van der Waals surface area contributed by atoms with Crippen LogP contribution in [0.2, 0.25) is 0 Å². The number of halogens is 1. The van der Waals surface area contributed by atoms with E-state index in [0.717, 1.165) is 12.0 Å². The van der Waals surface area contributed by atoms with Gasteiger partial charge in [0.1, 0.15) is 5.82 Å². The van der Waals surface area contributed by atoms with Gasteiger partial charge in [0.15, 0.2) is 0 Å². The summed E-state index contributed by atoms with van der Waals surface area (Å²) in [5, 5.41) is 0. The Bertz CT molecular complexity index is 648. The monoisotopic (exact) mass is 281 g/mol. The number of nitrogens with two attached hydrogens (primary N) is 1. The van der Waals surface area contributed by atoms with E-state index < -0.39 is 5.82 Å². The first-order valence-corrected chi connectivity index (χ1v) is 7.35. The van der Waals surface area contributed by atoms with Crippen molar-refractivity contribution in [1.82, 2.24) is 0 Å². The molecule has 2 aromatic rings. The zero-order valence-corrected chi connectivity index (χ0v) is 12.3. The van der Waals surface area contributed by atoms with Crippen molar-refractivity contribution in [2.24, 2.45) is 0 Å². The molecule has 0 aromatic heterocycles. The molecule has 21 heavy (non-hydrogen) atoms. The van der Waals surface area contributed by atoms with Crippen LogP contribution >= 0.6 is 0 Å². The predicted molar refractivity (Wildman–Crippen MR) is 86.5 cm³/mol. The highest BCUT2D eigenvalue weighted by atomic mass is 19.1. The number of rotatable bonds is 4. The van der Waals surface area contributed by atoms with Crippen molar-refractivity contribution in [3.8, 4) is 11.8 Å². The molecule has 0 atom stereocenters. The van der Waals surface area contributed by atoms with Gasteiger partial charge in [-0.05, 0) is 48.7 Å². The number of benzene rings is 2. The predicted octanol–water partition coefficient (Wildman–Crippen LogP) is 4.54. The van der Waals surface area contributed by atoms with Crippen LogP contribution < -0.4 is 5.73 Å². The summed E-state index contributed by atoms with van der Waals surface area (Å²) in [6.45, 7) is 2.21. The zero-order chi connectivity index (χ0) is 15.1. The highest BCUT2D eigenvalue weighted by Gasteiger charge is 1.97. The number of anilines is 1. The van der Waals surface area contributed by atoms with E-state index in [0.29, 0.717) is 5.56 Å². The molecule has 0 aliphatic heterocycles. The van der Waals surface area contributed by atoms with Gasteiger partial charge in [-0.25, -0.2) is 4.39 Å². The molecule has 2 aromatic carbocycles. The Kier molecular flexibility index (Phi) is 5.40. The summed E-state index contributed by atoms with van der Waals surface area (Å²) in [6, 6.07) is 12.9. The summed E-state index contributed by atoms with van der Waals surface area (Å²) in [4.78, 5) is 0. The quantitative estimate of drug-likeness (QED) is 0.497. The van der Waals surface area contributed by atoms with Gasteiger partial charge in [-0.3, -0.25) is 0 Å². The van der Waals surface area contributed by atoms with Gasteiger partial charge in [-0.1, -0.05) is 43.7 Å². The minimum absolute atomic E-state index is 0.150. The number of nitrogen functional groups attached to an aromatic ring is 1. The molecular weight excluding hydrogens is 261 g/mol. The molecule has 0 unspecified atom stereocenters. The Morgan fingerprint density at radius 3 is 2.29 bits per heavy atom. The maximum absolute atomic E-state index is 13.3. The summed E-state index contributed by atoms with van der Waals surface area (Å²) in [7, 11) is 0. The van der Waals surface area contributed by atoms with Crippen LogP contribution in [0, 0.1) is 17.7 Å². The van der Waals surface area contributed by atoms with Crippen molar-refractivity contribution in [2.75, 3.05) is 5.73 Å². The molecule has 2 rings (SSSR count). The summed E-state index contributed by atoms with van der Waals surface area (Å²) < 4.78 is 13.3.